The molecule has 0 saturated heterocycles. The highest BCUT2D eigenvalue weighted by atomic mass is 16.5. The molecule has 0 bridgehead atoms. The number of hydrogen-bond acceptors (Lipinski definition) is 7. The third-order valence-electron chi connectivity index (χ3n) is 3.58. The van der Waals surface area contributed by atoms with E-state index in [9.17, 15) is 9.59 Å². The number of rotatable bonds is 5. The van der Waals surface area contributed by atoms with Crippen molar-refractivity contribution in [1.29, 1.82) is 0 Å². The van der Waals surface area contributed by atoms with E-state index in [4.69, 9.17) is 4.74 Å². The lowest BCUT2D eigenvalue weighted by Gasteiger charge is -2.10. The first-order valence-corrected chi connectivity index (χ1v) is 8.23. The van der Waals surface area contributed by atoms with Crippen molar-refractivity contribution in [3.8, 4) is 0 Å². The van der Waals surface area contributed by atoms with Crippen molar-refractivity contribution in [3.63, 3.8) is 0 Å². The fourth-order valence-corrected chi connectivity index (χ4v) is 2.37. The Kier molecular flexibility index (Phi) is 5.41. The molecule has 0 unspecified atom stereocenters. The van der Waals surface area contributed by atoms with E-state index >= 15 is 0 Å². The molecular formula is C18H18N6O3. The van der Waals surface area contributed by atoms with Gasteiger partial charge in [0.1, 0.15) is 11.3 Å². The number of benzene rings is 1. The van der Waals surface area contributed by atoms with Gasteiger partial charge in [-0.3, -0.25) is 5.32 Å². The van der Waals surface area contributed by atoms with E-state index < -0.39 is 5.97 Å². The predicted molar refractivity (Wildman–Crippen MR) is 101 cm³/mol. The number of hydrogen-bond donors (Lipinski definition) is 3. The van der Waals surface area contributed by atoms with Crippen molar-refractivity contribution < 1.29 is 14.3 Å². The topological polar surface area (TPSA) is 118 Å². The fourth-order valence-electron chi connectivity index (χ4n) is 2.37. The average Bonchev–Trinajstić information content (AvgIpc) is 2.67. The summed E-state index contributed by atoms with van der Waals surface area (Å²) < 4.78 is 4.78. The van der Waals surface area contributed by atoms with Crippen molar-refractivity contribution >= 4 is 40.5 Å². The number of amides is 2. The number of ether oxygens (including phenoxy) is 1. The van der Waals surface area contributed by atoms with Gasteiger partial charge in [0.15, 0.2) is 11.5 Å². The number of esters is 1. The van der Waals surface area contributed by atoms with Gasteiger partial charge in [0.05, 0.1) is 24.6 Å². The lowest BCUT2D eigenvalue weighted by atomic mass is 10.2. The average molecular weight is 366 g/mol. The molecule has 9 nitrogen and oxygen atoms in total. The van der Waals surface area contributed by atoms with E-state index in [0.717, 1.165) is 0 Å². The molecule has 2 amide bonds. The second-order valence-electron chi connectivity index (χ2n) is 5.44. The minimum atomic E-state index is -0.460. The van der Waals surface area contributed by atoms with E-state index in [1.54, 1.807) is 36.4 Å². The molecular weight excluding hydrogens is 348 g/mol. The molecule has 3 N–H and O–H groups in total. The summed E-state index contributed by atoms with van der Waals surface area (Å²) in [4.78, 5) is 36.5. The zero-order valence-corrected chi connectivity index (χ0v) is 14.8. The lowest BCUT2D eigenvalue weighted by Crippen LogP contribution is -2.28. The van der Waals surface area contributed by atoms with Crippen LogP contribution in [0.3, 0.4) is 0 Å². The van der Waals surface area contributed by atoms with Gasteiger partial charge in [0.25, 0.3) is 0 Å². The predicted octanol–water partition coefficient (Wildman–Crippen LogP) is 2.70. The molecule has 27 heavy (non-hydrogen) atoms. The number of carbonyl (C=O) groups excluding carboxylic acids is 2. The molecule has 0 fully saturated rings. The van der Waals surface area contributed by atoms with Crippen LogP contribution in [0.5, 0.6) is 0 Å². The number of nitrogens with zero attached hydrogens (tertiary/aromatic N) is 3. The monoisotopic (exact) mass is 366 g/mol. The number of fused-ring (bicyclic) bond motifs is 1. The summed E-state index contributed by atoms with van der Waals surface area (Å²) in [6.45, 7) is 2.33. The lowest BCUT2D eigenvalue weighted by molar-refractivity contribution is 0.0602. The van der Waals surface area contributed by atoms with E-state index in [1.807, 2.05) is 6.92 Å². The first kappa shape index (κ1) is 18.1. The first-order chi connectivity index (χ1) is 13.1. The van der Waals surface area contributed by atoms with Crippen LogP contribution >= 0.6 is 0 Å². The van der Waals surface area contributed by atoms with E-state index in [1.165, 1.54) is 13.3 Å². The van der Waals surface area contributed by atoms with Gasteiger partial charge >= 0.3 is 12.0 Å². The number of nitrogens with one attached hydrogen (secondary N) is 3. The quantitative estimate of drug-likeness (QED) is 0.594. The summed E-state index contributed by atoms with van der Waals surface area (Å²) in [5.74, 6) is 0.301. The molecule has 2 heterocycles. The molecule has 1 aromatic carbocycles. The van der Waals surface area contributed by atoms with Crippen molar-refractivity contribution in [1.82, 2.24) is 20.3 Å². The molecule has 3 aromatic rings. The molecule has 0 aliphatic carbocycles. The van der Waals surface area contributed by atoms with Gasteiger partial charge in [-0.2, -0.15) is 0 Å². The second-order valence-corrected chi connectivity index (χ2v) is 5.44. The van der Waals surface area contributed by atoms with Crippen LogP contribution < -0.4 is 16.0 Å². The maximum Gasteiger partial charge on any atom is 0.339 e. The fraction of sp³-hybridized carbons (Fsp3) is 0.167. The Hall–Kier alpha value is -3.75. The van der Waals surface area contributed by atoms with Gasteiger partial charge < -0.3 is 15.4 Å². The van der Waals surface area contributed by atoms with Crippen LogP contribution in [0.25, 0.3) is 11.2 Å². The third kappa shape index (κ3) is 4.27. The maximum absolute atomic E-state index is 11.9. The smallest absolute Gasteiger partial charge is 0.339 e. The van der Waals surface area contributed by atoms with Gasteiger partial charge in [-0.25, -0.2) is 24.5 Å². The Morgan fingerprint density at radius 3 is 2.63 bits per heavy atom. The molecule has 0 spiro atoms. The molecule has 9 heteroatoms. The zero-order chi connectivity index (χ0) is 19.2. The highest BCUT2D eigenvalue weighted by Crippen LogP contribution is 2.21. The number of carbonyl (C=O) groups is 2. The zero-order valence-electron chi connectivity index (χ0n) is 14.8. The Morgan fingerprint density at radius 2 is 1.85 bits per heavy atom. The standard InChI is InChI=1S/C18H18N6O3/c1-3-19-18(26)24-14-9-8-13-16(22-14)23-15(10-20-13)21-12-7-5-4-6-11(12)17(25)27-2/h4-10H,3H2,1-2H3,(H3,19,21,22,23,24,26). The Balaban J connectivity index is 1.88. The van der Waals surface area contributed by atoms with Crippen molar-refractivity contribution in [3.05, 3.63) is 48.2 Å². The largest absolute Gasteiger partial charge is 0.465 e. The van der Waals surface area contributed by atoms with Gasteiger partial charge in [0, 0.05) is 6.54 Å². The van der Waals surface area contributed by atoms with Crippen LogP contribution in [0, 0.1) is 0 Å². The molecule has 0 atom stereocenters. The minimum absolute atomic E-state index is 0.349. The second kappa shape index (κ2) is 8.09. The van der Waals surface area contributed by atoms with Crippen LogP contribution in [0.2, 0.25) is 0 Å². The van der Waals surface area contributed by atoms with Crippen molar-refractivity contribution in [2.45, 2.75) is 6.92 Å². The van der Waals surface area contributed by atoms with Crippen LogP contribution in [-0.4, -0.2) is 40.6 Å². The highest BCUT2D eigenvalue weighted by molar-refractivity contribution is 5.96. The van der Waals surface area contributed by atoms with Crippen LogP contribution in [0.15, 0.2) is 42.6 Å². The van der Waals surface area contributed by atoms with E-state index in [-0.39, 0.29) is 6.03 Å². The third-order valence-corrected chi connectivity index (χ3v) is 3.58. The minimum Gasteiger partial charge on any atom is -0.465 e. The van der Waals surface area contributed by atoms with E-state index in [0.29, 0.717) is 40.6 Å². The summed E-state index contributed by atoms with van der Waals surface area (Å²) >= 11 is 0. The molecule has 0 saturated carbocycles. The SMILES string of the molecule is CCNC(=O)Nc1ccc2ncc(Nc3ccccc3C(=O)OC)nc2n1. The molecule has 0 aliphatic heterocycles. The van der Waals surface area contributed by atoms with E-state index in [2.05, 4.69) is 30.9 Å². The number of anilines is 3. The summed E-state index contributed by atoms with van der Waals surface area (Å²) in [5, 5.41) is 8.30. The molecule has 0 aliphatic rings. The highest BCUT2D eigenvalue weighted by Gasteiger charge is 2.12. The van der Waals surface area contributed by atoms with Gasteiger partial charge in [-0.05, 0) is 31.2 Å². The van der Waals surface area contributed by atoms with Gasteiger partial charge in [0.2, 0.25) is 0 Å². The Morgan fingerprint density at radius 1 is 1.07 bits per heavy atom. The summed E-state index contributed by atoms with van der Waals surface area (Å²) in [7, 11) is 1.32. The summed E-state index contributed by atoms with van der Waals surface area (Å²) in [6.07, 6.45) is 1.54. The van der Waals surface area contributed by atoms with Crippen LogP contribution in [0.1, 0.15) is 17.3 Å². The number of urea groups is 1. The number of para-hydroxylation sites is 1. The van der Waals surface area contributed by atoms with Crippen molar-refractivity contribution in [2.24, 2.45) is 0 Å². The van der Waals surface area contributed by atoms with Crippen molar-refractivity contribution in [2.75, 3.05) is 24.3 Å². The molecule has 138 valence electrons. The Labute approximate surface area is 155 Å². The number of aromatic nitrogens is 3. The van der Waals surface area contributed by atoms with Crippen LogP contribution in [0.4, 0.5) is 22.1 Å². The number of pyridine rings is 1. The van der Waals surface area contributed by atoms with Crippen LogP contribution in [-0.2, 0) is 4.74 Å². The van der Waals surface area contributed by atoms with Gasteiger partial charge in [-0.1, -0.05) is 12.1 Å². The molecule has 3 rings (SSSR count). The summed E-state index contributed by atoms with van der Waals surface area (Å²) in [5.41, 5.74) is 1.84. The number of methoxy groups -OCH3 is 1. The molecule has 0 radical (unpaired) electrons. The Bertz CT molecular complexity index is 992. The normalized spacial score (nSPS) is 10.3. The molecule has 2 aromatic heterocycles. The van der Waals surface area contributed by atoms with Gasteiger partial charge in [-0.15, -0.1) is 0 Å². The first-order valence-electron chi connectivity index (χ1n) is 8.23. The summed E-state index contributed by atoms with van der Waals surface area (Å²) in [6, 6.07) is 9.92. The maximum atomic E-state index is 11.9.